The maximum absolute atomic E-state index is 14.2. The van der Waals surface area contributed by atoms with Gasteiger partial charge in [0.1, 0.15) is 11.5 Å². The Morgan fingerprint density at radius 1 is 1.09 bits per heavy atom. The molecule has 22 heavy (non-hydrogen) atoms. The van der Waals surface area contributed by atoms with Gasteiger partial charge in [-0.05, 0) is 38.1 Å². The Kier molecular flexibility index (Phi) is 3.67. The lowest BCUT2D eigenvalue weighted by atomic mass is 10.1. The molecule has 1 aromatic carbocycles. The van der Waals surface area contributed by atoms with E-state index < -0.39 is 5.82 Å². The Balaban J connectivity index is 2.48. The minimum absolute atomic E-state index is 0.240. The number of aryl methyl sites for hydroxylation is 1. The van der Waals surface area contributed by atoms with Crippen LogP contribution in [0, 0.1) is 19.7 Å². The fraction of sp³-hybridized carbons (Fsp3) is 0.125. The van der Waals surface area contributed by atoms with Crippen LogP contribution < -0.4 is 5.56 Å². The molecular weight excluding hydrogens is 326 g/mol. The van der Waals surface area contributed by atoms with E-state index in [0.29, 0.717) is 27.6 Å². The molecule has 0 aliphatic rings. The number of rotatable bonds is 1. The summed E-state index contributed by atoms with van der Waals surface area (Å²) in [6.45, 7) is 3.44. The zero-order chi connectivity index (χ0) is 16.0. The second kappa shape index (κ2) is 5.38. The third-order valence-corrected chi connectivity index (χ3v) is 4.02. The van der Waals surface area contributed by atoms with Gasteiger partial charge in [-0.3, -0.25) is 9.20 Å². The summed E-state index contributed by atoms with van der Waals surface area (Å²) in [5.41, 5.74) is 1.85. The number of aromatic nitrogens is 2. The molecule has 3 aromatic rings. The van der Waals surface area contributed by atoms with Crippen molar-refractivity contribution < 1.29 is 4.39 Å². The third kappa shape index (κ3) is 2.38. The summed E-state index contributed by atoms with van der Waals surface area (Å²) in [4.78, 5) is 16.9. The Hall–Kier alpha value is -1.91. The van der Waals surface area contributed by atoms with Gasteiger partial charge in [0.25, 0.3) is 5.56 Å². The Morgan fingerprint density at radius 3 is 2.50 bits per heavy atom. The van der Waals surface area contributed by atoms with E-state index in [0.717, 1.165) is 0 Å². The normalized spacial score (nSPS) is 11.1. The van der Waals surface area contributed by atoms with Gasteiger partial charge in [-0.15, -0.1) is 0 Å². The Morgan fingerprint density at radius 2 is 1.82 bits per heavy atom. The van der Waals surface area contributed by atoms with Gasteiger partial charge in [-0.1, -0.05) is 23.2 Å². The highest BCUT2D eigenvalue weighted by Gasteiger charge is 2.15. The van der Waals surface area contributed by atoms with Crippen LogP contribution in [-0.2, 0) is 0 Å². The van der Waals surface area contributed by atoms with Crippen molar-refractivity contribution in [2.24, 2.45) is 0 Å². The molecule has 0 amide bonds. The molecular formula is C16H11Cl2FN2O. The van der Waals surface area contributed by atoms with E-state index in [4.69, 9.17) is 23.2 Å². The fourth-order valence-electron chi connectivity index (χ4n) is 2.32. The summed E-state index contributed by atoms with van der Waals surface area (Å²) in [5.74, 6) is -0.527. The molecule has 6 heteroatoms. The molecule has 2 aromatic heterocycles. The summed E-state index contributed by atoms with van der Waals surface area (Å²) in [7, 11) is 0. The lowest BCUT2D eigenvalue weighted by Crippen LogP contribution is -2.21. The molecule has 112 valence electrons. The number of fused-ring (bicyclic) bond motifs is 1. The first-order valence-corrected chi connectivity index (χ1v) is 7.29. The van der Waals surface area contributed by atoms with Crippen LogP contribution in [0.2, 0.25) is 10.0 Å². The van der Waals surface area contributed by atoms with Crippen molar-refractivity contribution >= 4 is 28.8 Å². The number of hydrogen-bond acceptors (Lipinski definition) is 2. The number of benzene rings is 1. The molecule has 0 aliphatic heterocycles. The molecule has 0 N–H and O–H groups in total. The van der Waals surface area contributed by atoms with E-state index in [1.54, 1.807) is 32.0 Å². The second-order valence-electron chi connectivity index (χ2n) is 5.00. The zero-order valence-electron chi connectivity index (χ0n) is 11.8. The SMILES string of the molecule is Cc1nc2cc(Cl)cc(-c3ccc(Cl)cc3F)n2c(=O)c1C. The predicted molar refractivity (Wildman–Crippen MR) is 86.4 cm³/mol. The van der Waals surface area contributed by atoms with Crippen molar-refractivity contribution in [3.8, 4) is 11.3 Å². The predicted octanol–water partition coefficient (Wildman–Crippen LogP) is 4.42. The quantitative estimate of drug-likeness (QED) is 0.659. The minimum atomic E-state index is -0.527. The molecule has 0 saturated carbocycles. The average molecular weight is 337 g/mol. The average Bonchev–Trinajstić information content (AvgIpc) is 2.44. The summed E-state index contributed by atoms with van der Waals surface area (Å²) < 4.78 is 15.6. The molecule has 3 rings (SSSR count). The molecule has 0 unspecified atom stereocenters. The van der Waals surface area contributed by atoms with E-state index in [1.165, 1.54) is 16.5 Å². The second-order valence-corrected chi connectivity index (χ2v) is 5.88. The molecule has 0 saturated heterocycles. The molecule has 3 nitrogen and oxygen atoms in total. The van der Waals surface area contributed by atoms with E-state index in [2.05, 4.69) is 4.98 Å². The Bertz CT molecular complexity index is 966. The lowest BCUT2D eigenvalue weighted by Gasteiger charge is -2.12. The van der Waals surface area contributed by atoms with Crippen LogP contribution in [0.4, 0.5) is 4.39 Å². The van der Waals surface area contributed by atoms with Crippen LogP contribution in [0.5, 0.6) is 0 Å². The summed E-state index contributed by atoms with van der Waals surface area (Å²) in [6.07, 6.45) is 0. The van der Waals surface area contributed by atoms with Crippen LogP contribution in [0.3, 0.4) is 0 Å². The van der Waals surface area contributed by atoms with Crippen molar-refractivity contribution in [2.75, 3.05) is 0 Å². The first-order chi connectivity index (χ1) is 10.4. The first kappa shape index (κ1) is 15.0. The Labute approximate surface area is 136 Å². The molecule has 0 spiro atoms. The first-order valence-electron chi connectivity index (χ1n) is 6.53. The molecule has 0 bridgehead atoms. The molecule has 0 aliphatic carbocycles. The molecule has 0 radical (unpaired) electrons. The largest absolute Gasteiger partial charge is 0.269 e. The molecule has 0 atom stereocenters. The highest BCUT2D eigenvalue weighted by Crippen LogP contribution is 2.28. The van der Waals surface area contributed by atoms with Gasteiger partial charge >= 0.3 is 0 Å². The summed E-state index contributed by atoms with van der Waals surface area (Å²) >= 11 is 11.9. The van der Waals surface area contributed by atoms with Gasteiger partial charge in [-0.25, -0.2) is 9.37 Å². The molecule has 0 fully saturated rings. The molecule has 2 heterocycles. The van der Waals surface area contributed by atoms with Gasteiger partial charge in [-0.2, -0.15) is 0 Å². The minimum Gasteiger partial charge on any atom is -0.269 e. The maximum Gasteiger partial charge on any atom is 0.261 e. The van der Waals surface area contributed by atoms with Crippen LogP contribution in [-0.4, -0.2) is 9.38 Å². The highest BCUT2D eigenvalue weighted by molar-refractivity contribution is 6.31. The standard InChI is InChI=1S/C16H11Cl2FN2O/c1-8-9(2)20-15-7-11(18)6-14(21(15)16(8)22)12-4-3-10(17)5-13(12)19/h3-7H,1-2H3. The van der Waals surface area contributed by atoms with E-state index in [1.807, 2.05) is 0 Å². The number of nitrogens with zero attached hydrogens (tertiary/aromatic N) is 2. The van der Waals surface area contributed by atoms with Crippen LogP contribution >= 0.6 is 23.2 Å². The third-order valence-electron chi connectivity index (χ3n) is 3.57. The van der Waals surface area contributed by atoms with Gasteiger partial charge in [0, 0.05) is 32.9 Å². The monoisotopic (exact) mass is 336 g/mol. The smallest absolute Gasteiger partial charge is 0.261 e. The van der Waals surface area contributed by atoms with Crippen molar-refractivity contribution in [3.63, 3.8) is 0 Å². The highest BCUT2D eigenvalue weighted by atomic mass is 35.5. The van der Waals surface area contributed by atoms with E-state index in [-0.39, 0.29) is 16.1 Å². The van der Waals surface area contributed by atoms with Crippen molar-refractivity contribution in [1.29, 1.82) is 0 Å². The zero-order valence-corrected chi connectivity index (χ0v) is 13.3. The topological polar surface area (TPSA) is 34.4 Å². The van der Waals surface area contributed by atoms with E-state index in [9.17, 15) is 9.18 Å². The fourth-order valence-corrected chi connectivity index (χ4v) is 2.68. The van der Waals surface area contributed by atoms with Gasteiger partial charge in [0.2, 0.25) is 0 Å². The van der Waals surface area contributed by atoms with Crippen LogP contribution in [0.25, 0.3) is 16.9 Å². The van der Waals surface area contributed by atoms with E-state index >= 15 is 0 Å². The van der Waals surface area contributed by atoms with Gasteiger partial charge in [0.05, 0.1) is 5.69 Å². The maximum atomic E-state index is 14.2. The van der Waals surface area contributed by atoms with Gasteiger partial charge < -0.3 is 0 Å². The number of hydrogen-bond donors (Lipinski definition) is 0. The van der Waals surface area contributed by atoms with Crippen LogP contribution in [0.15, 0.2) is 35.1 Å². The van der Waals surface area contributed by atoms with Gasteiger partial charge in [0.15, 0.2) is 0 Å². The lowest BCUT2D eigenvalue weighted by molar-refractivity contribution is 0.630. The van der Waals surface area contributed by atoms with Crippen molar-refractivity contribution in [3.05, 3.63) is 67.8 Å². The summed E-state index contributed by atoms with van der Waals surface area (Å²) in [6, 6.07) is 7.39. The van der Waals surface area contributed by atoms with Crippen molar-refractivity contribution in [2.45, 2.75) is 13.8 Å². The van der Waals surface area contributed by atoms with Crippen LogP contribution in [0.1, 0.15) is 11.3 Å². The number of halogens is 3. The summed E-state index contributed by atoms with van der Waals surface area (Å²) in [5, 5.41) is 0.657. The number of pyridine rings is 1. The van der Waals surface area contributed by atoms with Crippen molar-refractivity contribution in [1.82, 2.24) is 9.38 Å².